The number of hydrogen-bond donors (Lipinski definition) is 1. The maximum atomic E-state index is 12.5. The molecule has 8 nitrogen and oxygen atoms in total. The fourth-order valence-electron chi connectivity index (χ4n) is 4.06. The molecule has 1 aliphatic heterocycles. The van der Waals surface area contributed by atoms with Crippen molar-refractivity contribution in [1.29, 1.82) is 0 Å². The zero-order valence-corrected chi connectivity index (χ0v) is 16.5. The average molecular weight is 388 g/mol. The number of hydrogen-bond acceptors (Lipinski definition) is 6. The Balaban J connectivity index is 1.62. The Morgan fingerprint density at radius 3 is 2.39 bits per heavy atom. The van der Waals surface area contributed by atoms with Crippen molar-refractivity contribution in [2.24, 2.45) is 0 Å². The minimum Gasteiger partial charge on any atom is -0.363 e. The molecule has 28 heavy (non-hydrogen) atoms. The number of carbonyl (C=O) groups excluding carboxylic acids is 2. The van der Waals surface area contributed by atoms with Crippen LogP contribution in [0.4, 0.5) is 11.4 Å². The Bertz CT molecular complexity index is 753. The number of rotatable bonds is 6. The Morgan fingerprint density at radius 2 is 1.82 bits per heavy atom. The van der Waals surface area contributed by atoms with Gasteiger partial charge in [-0.25, -0.2) is 0 Å². The van der Waals surface area contributed by atoms with Crippen molar-refractivity contribution in [2.75, 3.05) is 31.1 Å². The molecular weight excluding hydrogens is 360 g/mol. The zero-order valence-electron chi connectivity index (χ0n) is 16.5. The van der Waals surface area contributed by atoms with Gasteiger partial charge in [0.05, 0.1) is 11.0 Å². The highest BCUT2D eigenvalue weighted by Gasteiger charge is 2.30. The molecule has 0 aromatic heterocycles. The van der Waals surface area contributed by atoms with E-state index < -0.39 is 4.92 Å². The quantitative estimate of drug-likeness (QED) is 0.457. The van der Waals surface area contributed by atoms with Crippen LogP contribution in [0.15, 0.2) is 18.2 Å². The highest BCUT2D eigenvalue weighted by molar-refractivity contribution is 5.95. The summed E-state index contributed by atoms with van der Waals surface area (Å²) >= 11 is 0. The van der Waals surface area contributed by atoms with Gasteiger partial charge in [0, 0.05) is 43.9 Å². The minimum absolute atomic E-state index is 0.0480. The topological polar surface area (TPSA) is 95.8 Å². The van der Waals surface area contributed by atoms with E-state index >= 15 is 0 Å². The highest BCUT2D eigenvalue weighted by atomic mass is 16.6. The summed E-state index contributed by atoms with van der Waals surface area (Å²) in [6.45, 7) is 5.83. The molecule has 1 atom stereocenters. The summed E-state index contributed by atoms with van der Waals surface area (Å²) in [6.07, 6.45) is 4.48. The molecular formula is C20H28N4O4. The summed E-state index contributed by atoms with van der Waals surface area (Å²) < 4.78 is 0. The van der Waals surface area contributed by atoms with Gasteiger partial charge in [-0.15, -0.1) is 0 Å². The van der Waals surface area contributed by atoms with E-state index in [0.29, 0.717) is 43.5 Å². The van der Waals surface area contributed by atoms with Crippen molar-refractivity contribution in [3.8, 4) is 0 Å². The summed E-state index contributed by atoms with van der Waals surface area (Å²) in [5.41, 5.74) is 0.817. The van der Waals surface area contributed by atoms with E-state index in [0.717, 1.165) is 12.8 Å². The summed E-state index contributed by atoms with van der Waals surface area (Å²) in [6, 6.07) is 4.73. The van der Waals surface area contributed by atoms with Crippen LogP contribution in [-0.2, 0) is 4.79 Å². The molecule has 2 fully saturated rings. The SMILES string of the molecule is CC(=O)c1ccc(N2CCN(C(C)C(=O)NC3CCCC3)CC2)c([N+](=O)[O-])c1. The predicted octanol–water partition coefficient (Wildman–Crippen LogP) is 2.37. The predicted molar refractivity (Wildman–Crippen MR) is 107 cm³/mol. The van der Waals surface area contributed by atoms with Gasteiger partial charge >= 0.3 is 0 Å². The molecule has 1 saturated carbocycles. The van der Waals surface area contributed by atoms with Gasteiger partial charge in [-0.2, -0.15) is 0 Å². The normalized spacial score (nSPS) is 19.4. The lowest BCUT2D eigenvalue weighted by Crippen LogP contribution is -2.55. The number of nitro groups is 1. The van der Waals surface area contributed by atoms with Gasteiger partial charge < -0.3 is 10.2 Å². The third-order valence-electron chi connectivity index (χ3n) is 5.86. The first-order chi connectivity index (χ1) is 13.4. The highest BCUT2D eigenvalue weighted by Crippen LogP contribution is 2.30. The van der Waals surface area contributed by atoms with Crippen LogP contribution in [-0.4, -0.2) is 59.8 Å². The number of nitrogens with one attached hydrogen (secondary N) is 1. The number of nitro benzene ring substituents is 1. The van der Waals surface area contributed by atoms with E-state index in [1.807, 2.05) is 11.8 Å². The molecule has 1 saturated heterocycles. The molecule has 1 aromatic carbocycles. The lowest BCUT2D eigenvalue weighted by atomic mass is 10.1. The van der Waals surface area contributed by atoms with Crippen LogP contribution in [0.25, 0.3) is 0 Å². The first-order valence-corrected chi connectivity index (χ1v) is 9.95. The maximum absolute atomic E-state index is 12.5. The number of piperazine rings is 1. The van der Waals surface area contributed by atoms with Crippen molar-refractivity contribution in [2.45, 2.75) is 51.6 Å². The molecule has 1 amide bonds. The smallest absolute Gasteiger partial charge is 0.293 e. The molecule has 0 bridgehead atoms. The van der Waals surface area contributed by atoms with Crippen LogP contribution >= 0.6 is 0 Å². The van der Waals surface area contributed by atoms with Crippen LogP contribution in [0.3, 0.4) is 0 Å². The average Bonchev–Trinajstić information content (AvgIpc) is 3.20. The van der Waals surface area contributed by atoms with Gasteiger partial charge in [-0.05, 0) is 38.8 Å². The number of nitrogens with zero attached hydrogens (tertiary/aromatic N) is 3. The largest absolute Gasteiger partial charge is 0.363 e. The Morgan fingerprint density at radius 1 is 1.18 bits per heavy atom. The van der Waals surface area contributed by atoms with E-state index in [-0.39, 0.29) is 23.4 Å². The Hall–Kier alpha value is -2.48. The molecule has 0 radical (unpaired) electrons. The van der Waals surface area contributed by atoms with Crippen molar-refractivity contribution in [1.82, 2.24) is 10.2 Å². The van der Waals surface area contributed by atoms with Gasteiger partial charge in [-0.3, -0.25) is 24.6 Å². The monoisotopic (exact) mass is 388 g/mol. The maximum Gasteiger partial charge on any atom is 0.293 e. The third-order valence-corrected chi connectivity index (χ3v) is 5.86. The van der Waals surface area contributed by atoms with E-state index in [9.17, 15) is 19.7 Å². The molecule has 8 heteroatoms. The molecule has 3 rings (SSSR count). The molecule has 1 N–H and O–H groups in total. The zero-order chi connectivity index (χ0) is 20.3. The number of benzene rings is 1. The summed E-state index contributed by atoms with van der Waals surface area (Å²) in [7, 11) is 0. The molecule has 1 unspecified atom stereocenters. The van der Waals surface area contributed by atoms with E-state index in [4.69, 9.17) is 0 Å². The van der Waals surface area contributed by atoms with Gasteiger partial charge in [0.25, 0.3) is 5.69 Å². The van der Waals surface area contributed by atoms with Crippen molar-refractivity contribution >= 4 is 23.1 Å². The van der Waals surface area contributed by atoms with E-state index in [1.54, 1.807) is 12.1 Å². The van der Waals surface area contributed by atoms with E-state index in [2.05, 4.69) is 10.2 Å². The second-order valence-corrected chi connectivity index (χ2v) is 7.71. The fraction of sp³-hybridized carbons (Fsp3) is 0.600. The summed E-state index contributed by atoms with van der Waals surface area (Å²) in [5.74, 6) is -0.126. The Kier molecular flexibility index (Phi) is 6.28. The van der Waals surface area contributed by atoms with Crippen LogP contribution in [0.5, 0.6) is 0 Å². The Labute approximate surface area is 165 Å². The molecule has 1 aliphatic carbocycles. The van der Waals surface area contributed by atoms with Gasteiger partial charge in [-0.1, -0.05) is 12.8 Å². The standard InChI is InChI=1S/C20H28N4O4/c1-14(20(26)21-17-5-3-4-6-17)22-9-11-23(12-10-22)18-8-7-16(15(2)25)13-19(18)24(27)28/h7-8,13-14,17H,3-6,9-12H2,1-2H3,(H,21,26). The molecule has 0 spiro atoms. The van der Waals surface area contributed by atoms with Crippen LogP contribution < -0.4 is 10.2 Å². The minimum atomic E-state index is -0.439. The lowest BCUT2D eigenvalue weighted by Gasteiger charge is -2.38. The van der Waals surface area contributed by atoms with Gasteiger partial charge in [0.1, 0.15) is 5.69 Å². The lowest BCUT2D eigenvalue weighted by molar-refractivity contribution is -0.384. The molecule has 1 aromatic rings. The van der Waals surface area contributed by atoms with Crippen molar-refractivity contribution in [3.63, 3.8) is 0 Å². The van der Waals surface area contributed by atoms with Crippen molar-refractivity contribution < 1.29 is 14.5 Å². The number of ketones is 1. The van der Waals surface area contributed by atoms with Crippen LogP contribution in [0, 0.1) is 10.1 Å². The number of carbonyl (C=O) groups is 2. The first-order valence-electron chi connectivity index (χ1n) is 9.95. The third kappa shape index (κ3) is 4.49. The molecule has 152 valence electrons. The summed E-state index contributed by atoms with van der Waals surface area (Å²) in [5, 5.41) is 14.6. The number of Topliss-reactive ketones (excluding diaryl/α,β-unsaturated/α-hetero) is 1. The number of amides is 1. The van der Waals surface area contributed by atoms with E-state index in [1.165, 1.54) is 25.8 Å². The van der Waals surface area contributed by atoms with Crippen LogP contribution in [0.2, 0.25) is 0 Å². The number of anilines is 1. The second-order valence-electron chi connectivity index (χ2n) is 7.71. The van der Waals surface area contributed by atoms with Gasteiger partial charge in [0.2, 0.25) is 5.91 Å². The molecule has 2 aliphatic rings. The summed E-state index contributed by atoms with van der Waals surface area (Å²) in [4.78, 5) is 39.2. The van der Waals surface area contributed by atoms with Crippen molar-refractivity contribution in [3.05, 3.63) is 33.9 Å². The fourth-order valence-corrected chi connectivity index (χ4v) is 4.06. The molecule has 1 heterocycles. The van der Waals surface area contributed by atoms with Gasteiger partial charge in [0.15, 0.2) is 5.78 Å². The second kappa shape index (κ2) is 8.68. The first kappa shape index (κ1) is 20.3. The van der Waals surface area contributed by atoms with Crippen LogP contribution in [0.1, 0.15) is 49.9 Å².